The van der Waals surface area contributed by atoms with Gasteiger partial charge in [0.2, 0.25) is 5.91 Å². The van der Waals surface area contributed by atoms with E-state index in [1.54, 1.807) is 21.0 Å². The first-order valence-electron chi connectivity index (χ1n) is 5.47. The molecule has 0 bridgehead atoms. The van der Waals surface area contributed by atoms with Gasteiger partial charge in [0.05, 0.1) is 17.5 Å². The summed E-state index contributed by atoms with van der Waals surface area (Å²) in [7, 11) is 0.602. The molecule has 1 aliphatic rings. The molecular formula is C10H20N2O3S. The fourth-order valence-electron chi connectivity index (χ4n) is 1.85. The second-order valence-corrected chi connectivity index (χ2v) is 6.86. The summed E-state index contributed by atoms with van der Waals surface area (Å²) in [4.78, 5) is 13.1. The topological polar surface area (TPSA) is 66.5 Å². The molecule has 94 valence electrons. The van der Waals surface area contributed by atoms with Crippen molar-refractivity contribution in [1.29, 1.82) is 0 Å². The van der Waals surface area contributed by atoms with Gasteiger partial charge in [-0.15, -0.1) is 0 Å². The number of hydrogen-bond donors (Lipinski definition) is 1. The van der Waals surface area contributed by atoms with Crippen LogP contribution in [0, 0.1) is 5.92 Å². The first-order chi connectivity index (χ1) is 7.32. The average Bonchev–Trinajstić information content (AvgIpc) is 2.53. The lowest BCUT2D eigenvalue weighted by Gasteiger charge is -2.19. The summed E-state index contributed by atoms with van der Waals surface area (Å²) in [5.41, 5.74) is 0. The van der Waals surface area contributed by atoms with Gasteiger partial charge in [-0.2, -0.15) is 0 Å². The Bertz CT molecular complexity index is 351. The van der Waals surface area contributed by atoms with E-state index in [-0.39, 0.29) is 29.4 Å². The van der Waals surface area contributed by atoms with Crippen LogP contribution < -0.4 is 5.32 Å². The number of nitrogens with one attached hydrogen (secondary N) is 1. The van der Waals surface area contributed by atoms with Gasteiger partial charge < -0.3 is 10.2 Å². The molecule has 6 heteroatoms. The van der Waals surface area contributed by atoms with Crippen LogP contribution >= 0.6 is 0 Å². The highest BCUT2D eigenvalue weighted by Gasteiger charge is 2.28. The van der Waals surface area contributed by atoms with Gasteiger partial charge in [0, 0.05) is 14.1 Å². The summed E-state index contributed by atoms with van der Waals surface area (Å²) in [6.07, 6.45) is 0.707. The zero-order valence-electron chi connectivity index (χ0n) is 10.1. The first kappa shape index (κ1) is 13.4. The predicted molar refractivity (Wildman–Crippen MR) is 62.9 cm³/mol. The molecule has 0 spiro atoms. The molecule has 1 fully saturated rings. The van der Waals surface area contributed by atoms with E-state index in [9.17, 15) is 13.2 Å². The van der Waals surface area contributed by atoms with E-state index in [0.29, 0.717) is 13.0 Å². The fourth-order valence-corrected chi connectivity index (χ4v) is 3.71. The number of nitrogens with zero attached hydrogens (tertiary/aromatic N) is 1. The smallest absolute Gasteiger partial charge is 0.238 e. The summed E-state index contributed by atoms with van der Waals surface area (Å²) in [5.74, 6) is 0.710. The largest absolute Gasteiger partial charge is 0.347 e. The molecule has 0 aromatic rings. The van der Waals surface area contributed by atoms with Gasteiger partial charge in [-0.25, -0.2) is 8.42 Å². The summed E-state index contributed by atoms with van der Waals surface area (Å²) in [5, 5.41) is 3.09. The zero-order valence-corrected chi connectivity index (χ0v) is 10.9. The maximum absolute atomic E-state index is 11.5. The van der Waals surface area contributed by atoms with Crippen LogP contribution in [-0.4, -0.2) is 57.4 Å². The van der Waals surface area contributed by atoms with Gasteiger partial charge in [0.25, 0.3) is 0 Å². The third-order valence-corrected chi connectivity index (χ3v) is 4.69. The summed E-state index contributed by atoms with van der Waals surface area (Å²) in [6, 6.07) is -0.252. The monoisotopic (exact) mass is 248 g/mol. The third-order valence-electron chi connectivity index (χ3n) is 2.85. The van der Waals surface area contributed by atoms with Crippen molar-refractivity contribution in [2.24, 2.45) is 5.92 Å². The lowest BCUT2D eigenvalue weighted by atomic mass is 10.1. The van der Waals surface area contributed by atoms with Crippen LogP contribution in [0.2, 0.25) is 0 Å². The molecule has 1 saturated heterocycles. The molecule has 1 aliphatic heterocycles. The van der Waals surface area contributed by atoms with Crippen LogP contribution in [0.25, 0.3) is 0 Å². The second kappa shape index (κ2) is 5.14. The molecular weight excluding hydrogens is 228 g/mol. The van der Waals surface area contributed by atoms with Crippen molar-refractivity contribution in [3.63, 3.8) is 0 Å². The Morgan fingerprint density at radius 2 is 2.12 bits per heavy atom. The minimum Gasteiger partial charge on any atom is -0.347 e. The van der Waals surface area contributed by atoms with Crippen molar-refractivity contribution in [2.75, 3.05) is 32.1 Å². The Labute approximate surface area is 97.1 Å². The highest BCUT2D eigenvalue weighted by Crippen LogP contribution is 2.17. The highest BCUT2D eigenvalue weighted by molar-refractivity contribution is 7.91. The van der Waals surface area contributed by atoms with Gasteiger partial charge >= 0.3 is 0 Å². The fraction of sp³-hybridized carbons (Fsp3) is 0.900. The molecule has 0 radical (unpaired) electrons. The summed E-state index contributed by atoms with van der Waals surface area (Å²) in [6.45, 7) is 2.39. The van der Waals surface area contributed by atoms with Gasteiger partial charge in [-0.05, 0) is 25.8 Å². The molecule has 0 aromatic carbocycles. The van der Waals surface area contributed by atoms with E-state index in [2.05, 4.69) is 5.32 Å². The van der Waals surface area contributed by atoms with Gasteiger partial charge in [0.15, 0.2) is 9.84 Å². The standard InChI is InChI=1S/C10H20N2O3S/c1-8(10(13)12(2)3)11-6-9-4-5-16(14,15)7-9/h8-9,11H,4-7H2,1-3H3. The molecule has 2 atom stereocenters. The quantitative estimate of drug-likeness (QED) is 0.727. The zero-order chi connectivity index (χ0) is 12.3. The number of hydrogen-bond acceptors (Lipinski definition) is 4. The van der Waals surface area contributed by atoms with Crippen LogP contribution in [0.5, 0.6) is 0 Å². The maximum atomic E-state index is 11.5. The lowest BCUT2D eigenvalue weighted by molar-refractivity contribution is -0.130. The molecule has 16 heavy (non-hydrogen) atoms. The van der Waals surface area contributed by atoms with E-state index < -0.39 is 9.84 Å². The Balaban J connectivity index is 2.33. The van der Waals surface area contributed by atoms with Crippen LogP contribution in [0.15, 0.2) is 0 Å². The normalized spacial score (nSPS) is 25.3. The molecule has 1 amide bonds. The van der Waals surface area contributed by atoms with Crippen molar-refractivity contribution in [3.05, 3.63) is 0 Å². The average molecular weight is 248 g/mol. The van der Waals surface area contributed by atoms with E-state index in [0.717, 1.165) is 0 Å². The molecule has 2 unspecified atom stereocenters. The first-order valence-corrected chi connectivity index (χ1v) is 7.29. The van der Waals surface area contributed by atoms with Gasteiger partial charge in [-0.3, -0.25) is 4.79 Å². The molecule has 1 rings (SSSR count). The number of sulfone groups is 1. The number of likely N-dealkylation sites (N-methyl/N-ethyl adjacent to an activating group) is 1. The summed E-state index contributed by atoms with van der Waals surface area (Å²) < 4.78 is 22.4. The third kappa shape index (κ3) is 3.75. The highest BCUT2D eigenvalue weighted by atomic mass is 32.2. The van der Waals surface area contributed by atoms with Crippen molar-refractivity contribution >= 4 is 15.7 Å². The van der Waals surface area contributed by atoms with Crippen molar-refractivity contribution in [1.82, 2.24) is 10.2 Å². The molecule has 0 aliphatic carbocycles. The molecule has 1 heterocycles. The number of amides is 1. The number of rotatable bonds is 4. The van der Waals surface area contributed by atoms with E-state index >= 15 is 0 Å². The second-order valence-electron chi connectivity index (χ2n) is 4.63. The SMILES string of the molecule is CC(NCC1CCS(=O)(=O)C1)C(=O)N(C)C. The van der Waals surface area contributed by atoms with Gasteiger partial charge in [-0.1, -0.05) is 0 Å². The van der Waals surface area contributed by atoms with E-state index in [1.807, 2.05) is 0 Å². The Morgan fingerprint density at radius 3 is 2.56 bits per heavy atom. The predicted octanol–water partition coefficient (Wildman–Crippen LogP) is -0.513. The summed E-state index contributed by atoms with van der Waals surface area (Å²) >= 11 is 0. The van der Waals surface area contributed by atoms with Gasteiger partial charge in [0.1, 0.15) is 0 Å². The van der Waals surface area contributed by atoms with Crippen LogP contribution in [0.1, 0.15) is 13.3 Å². The maximum Gasteiger partial charge on any atom is 0.238 e. The van der Waals surface area contributed by atoms with Crippen molar-refractivity contribution in [3.8, 4) is 0 Å². The molecule has 0 aromatic heterocycles. The van der Waals surface area contributed by atoms with Crippen LogP contribution in [0.3, 0.4) is 0 Å². The van der Waals surface area contributed by atoms with E-state index in [1.165, 1.54) is 4.90 Å². The minimum absolute atomic E-state index is 0.0147. The van der Waals surface area contributed by atoms with Crippen LogP contribution in [0.4, 0.5) is 0 Å². The van der Waals surface area contributed by atoms with Crippen molar-refractivity contribution < 1.29 is 13.2 Å². The molecule has 0 saturated carbocycles. The van der Waals surface area contributed by atoms with Crippen molar-refractivity contribution in [2.45, 2.75) is 19.4 Å². The minimum atomic E-state index is -2.82. The van der Waals surface area contributed by atoms with Crippen LogP contribution in [-0.2, 0) is 14.6 Å². The van der Waals surface area contributed by atoms with E-state index in [4.69, 9.17) is 0 Å². The lowest BCUT2D eigenvalue weighted by Crippen LogP contribution is -2.43. The Hall–Kier alpha value is -0.620. The number of carbonyl (C=O) groups is 1. The Kier molecular flexibility index (Phi) is 4.32. The molecule has 5 nitrogen and oxygen atoms in total. The number of carbonyl (C=O) groups excluding carboxylic acids is 1. The molecule has 1 N–H and O–H groups in total. The Morgan fingerprint density at radius 1 is 1.50 bits per heavy atom.